The van der Waals surface area contributed by atoms with Crippen LogP contribution in [0.2, 0.25) is 0 Å². The quantitative estimate of drug-likeness (QED) is 0.924. The van der Waals surface area contributed by atoms with Gasteiger partial charge in [-0.2, -0.15) is 0 Å². The average molecular weight is 291 g/mol. The van der Waals surface area contributed by atoms with Crippen molar-refractivity contribution in [3.63, 3.8) is 0 Å². The smallest absolute Gasteiger partial charge is 0.124 e. The maximum Gasteiger partial charge on any atom is 0.124 e. The molecule has 0 bridgehead atoms. The van der Waals surface area contributed by atoms with Gasteiger partial charge >= 0.3 is 0 Å². The second kappa shape index (κ2) is 5.25. The molecule has 2 unspecified atom stereocenters. The standard InChI is InChI=1S/C12H16BrFO2/c1-8(16-3)12(2,15)7-9-4-5-10(14)6-11(9)13/h4-6,8,15H,7H2,1-3H3. The second-order valence-corrected chi connectivity index (χ2v) is 5.00. The lowest BCUT2D eigenvalue weighted by atomic mass is 9.92. The number of ether oxygens (including phenoxy) is 1. The zero-order valence-corrected chi connectivity index (χ0v) is 11.2. The van der Waals surface area contributed by atoms with E-state index in [1.165, 1.54) is 12.1 Å². The van der Waals surface area contributed by atoms with Crippen LogP contribution in [0.3, 0.4) is 0 Å². The lowest BCUT2D eigenvalue weighted by Gasteiger charge is -2.29. The molecule has 0 aromatic heterocycles. The van der Waals surface area contributed by atoms with Crippen LogP contribution >= 0.6 is 15.9 Å². The number of methoxy groups -OCH3 is 1. The summed E-state index contributed by atoms with van der Waals surface area (Å²) in [5.74, 6) is -0.296. The van der Waals surface area contributed by atoms with Crippen LogP contribution in [0.5, 0.6) is 0 Å². The summed E-state index contributed by atoms with van der Waals surface area (Å²) in [4.78, 5) is 0. The fourth-order valence-electron chi connectivity index (χ4n) is 1.45. The van der Waals surface area contributed by atoms with Gasteiger partial charge in [0.05, 0.1) is 11.7 Å². The molecule has 0 saturated carbocycles. The maximum absolute atomic E-state index is 12.9. The van der Waals surface area contributed by atoms with Gasteiger partial charge < -0.3 is 9.84 Å². The predicted molar refractivity (Wildman–Crippen MR) is 64.9 cm³/mol. The van der Waals surface area contributed by atoms with Crippen molar-refractivity contribution in [1.29, 1.82) is 0 Å². The Morgan fingerprint density at radius 3 is 2.69 bits per heavy atom. The van der Waals surface area contributed by atoms with Gasteiger partial charge in [-0.1, -0.05) is 22.0 Å². The first-order chi connectivity index (χ1) is 7.36. The van der Waals surface area contributed by atoms with Crippen LogP contribution in [0.25, 0.3) is 0 Å². The van der Waals surface area contributed by atoms with Gasteiger partial charge in [-0.15, -0.1) is 0 Å². The molecule has 90 valence electrons. The van der Waals surface area contributed by atoms with Gasteiger partial charge in [-0.05, 0) is 31.5 Å². The molecule has 0 fully saturated rings. The van der Waals surface area contributed by atoms with Gasteiger partial charge in [0.2, 0.25) is 0 Å². The summed E-state index contributed by atoms with van der Waals surface area (Å²) in [7, 11) is 1.55. The van der Waals surface area contributed by atoms with Crippen LogP contribution in [0.4, 0.5) is 4.39 Å². The summed E-state index contributed by atoms with van der Waals surface area (Å²) in [6.45, 7) is 3.51. The highest BCUT2D eigenvalue weighted by molar-refractivity contribution is 9.10. The minimum absolute atomic E-state index is 0.288. The highest BCUT2D eigenvalue weighted by atomic mass is 79.9. The lowest BCUT2D eigenvalue weighted by molar-refractivity contribution is -0.0716. The van der Waals surface area contributed by atoms with E-state index in [2.05, 4.69) is 15.9 Å². The van der Waals surface area contributed by atoms with Gasteiger partial charge in [0, 0.05) is 18.0 Å². The van der Waals surface area contributed by atoms with Crippen molar-refractivity contribution < 1.29 is 14.2 Å². The Hall–Kier alpha value is -0.450. The Bertz CT molecular complexity index is 366. The number of benzene rings is 1. The van der Waals surface area contributed by atoms with E-state index in [-0.39, 0.29) is 11.9 Å². The van der Waals surface area contributed by atoms with Gasteiger partial charge in [-0.3, -0.25) is 0 Å². The molecule has 1 rings (SSSR count). The van der Waals surface area contributed by atoms with Crippen LogP contribution in [-0.4, -0.2) is 23.9 Å². The molecule has 1 N–H and O–H groups in total. The SMILES string of the molecule is COC(C)C(C)(O)Cc1ccc(F)cc1Br. The normalized spacial score (nSPS) is 16.9. The van der Waals surface area contributed by atoms with Crippen molar-refractivity contribution in [2.45, 2.75) is 32.0 Å². The third-order valence-electron chi connectivity index (χ3n) is 2.79. The Balaban J connectivity index is 2.87. The summed E-state index contributed by atoms with van der Waals surface area (Å²) in [6.07, 6.45) is 0.118. The topological polar surface area (TPSA) is 29.5 Å². The molecular weight excluding hydrogens is 275 g/mol. The van der Waals surface area contributed by atoms with E-state index < -0.39 is 5.60 Å². The molecule has 2 atom stereocenters. The summed E-state index contributed by atoms with van der Waals surface area (Å²) in [6, 6.07) is 4.44. The first-order valence-electron chi connectivity index (χ1n) is 5.06. The Labute approximate surface area is 104 Å². The third-order valence-corrected chi connectivity index (χ3v) is 3.53. The summed E-state index contributed by atoms with van der Waals surface area (Å²) >= 11 is 3.28. The molecule has 2 nitrogen and oxygen atoms in total. The number of hydrogen-bond acceptors (Lipinski definition) is 2. The number of halogens is 2. The van der Waals surface area contributed by atoms with E-state index in [9.17, 15) is 9.50 Å². The third kappa shape index (κ3) is 3.27. The van der Waals surface area contributed by atoms with Crippen molar-refractivity contribution in [1.82, 2.24) is 0 Å². The molecule has 0 saturated heterocycles. The molecule has 0 heterocycles. The molecule has 16 heavy (non-hydrogen) atoms. The zero-order valence-electron chi connectivity index (χ0n) is 9.63. The van der Waals surface area contributed by atoms with E-state index in [1.54, 1.807) is 27.0 Å². The Kier molecular flexibility index (Phi) is 4.47. The summed E-state index contributed by atoms with van der Waals surface area (Å²) in [5.41, 5.74) is -0.120. The molecule has 1 aromatic rings. The second-order valence-electron chi connectivity index (χ2n) is 4.15. The van der Waals surface area contributed by atoms with Crippen LogP contribution in [0, 0.1) is 5.82 Å². The zero-order chi connectivity index (χ0) is 12.3. The fraction of sp³-hybridized carbons (Fsp3) is 0.500. The van der Waals surface area contributed by atoms with Gasteiger partial charge in [0.15, 0.2) is 0 Å². The van der Waals surface area contributed by atoms with Crippen molar-refractivity contribution in [2.75, 3.05) is 7.11 Å². The predicted octanol–water partition coefficient (Wildman–Crippen LogP) is 2.92. The Morgan fingerprint density at radius 2 is 2.19 bits per heavy atom. The van der Waals surface area contributed by atoms with Gasteiger partial charge in [0.25, 0.3) is 0 Å². The molecule has 0 aliphatic heterocycles. The number of aliphatic hydroxyl groups is 1. The molecule has 0 amide bonds. The molecule has 0 aliphatic carbocycles. The van der Waals surface area contributed by atoms with Crippen molar-refractivity contribution >= 4 is 15.9 Å². The van der Waals surface area contributed by atoms with E-state index in [0.717, 1.165) is 5.56 Å². The van der Waals surface area contributed by atoms with Crippen molar-refractivity contribution in [2.24, 2.45) is 0 Å². The monoisotopic (exact) mass is 290 g/mol. The largest absolute Gasteiger partial charge is 0.387 e. The molecule has 0 spiro atoms. The molecule has 1 aromatic carbocycles. The van der Waals surface area contributed by atoms with Crippen LogP contribution < -0.4 is 0 Å². The minimum Gasteiger partial charge on any atom is -0.387 e. The lowest BCUT2D eigenvalue weighted by Crippen LogP contribution is -2.40. The fourth-order valence-corrected chi connectivity index (χ4v) is 1.94. The highest BCUT2D eigenvalue weighted by Crippen LogP contribution is 2.25. The van der Waals surface area contributed by atoms with Crippen LogP contribution in [-0.2, 0) is 11.2 Å². The highest BCUT2D eigenvalue weighted by Gasteiger charge is 2.29. The maximum atomic E-state index is 12.9. The number of hydrogen-bond donors (Lipinski definition) is 1. The summed E-state index contributed by atoms with van der Waals surface area (Å²) in [5, 5.41) is 10.2. The van der Waals surface area contributed by atoms with E-state index in [4.69, 9.17) is 4.74 Å². The van der Waals surface area contributed by atoms with Crippen molar-refractivity contribution in [3.8, 4) is 0 Å². The molecule has 4 heteroatoms. The van der Waals surface area contributed by atoms with Gasteiger partial charge in [-0.25, -0.2) is 4.39 Å². The van der Waals surface area contributed by atoms with Gasteiger partial charge in [0.1, 0.15) is 5.82 Å². The van der Waals surface area contributed by atoms with Crippen LogP contribution in [0.15, 0.2) is 22.7 Å². The van der Waals surface area contributed by atoms with Crippen molar-refractivity contribution in [3.05, 3.63) is 34.1 Å². The Morgan fingerprint density at radius 1 is 1.56 bits per heavy atom. The molecular formula is C12H16BrFO2. The average Bonchev–Trinajstić information content (AvgIpc) is 2.21. The minimum atomic E-state index is -0.977. The van der Waals surface area contributed by atoms with E-state index in [0.29, 0.717) is 10.9 Å². The number of rotatable bonds is 4. The first kappa shape index (κ1) is 13.6. The van der Waals surface area contributed by atoms with E-state index in [1.807, 2.05) is 0 Å². The first-order valence-corrected chi connectivity index (χ1v) is 5.85. The summed E-state index contributed by atoms with van der Waals surface area (Å²) < 4.78 is 18.7. The molecule has 0 aliphatic rings. The molecule has 0 radical (unpaired) electrons. The van der Waals surface area contributed by atoms with Crippen LogP contribution in [0.1, 0.15) is 19.4 Å². The van der Waals surface area contributed by atoms with E-state index >= 15 is 0 Å².